The minimum atomic E-state index is -4.41. The van der Waals surface area contributed by atoms with Crippen LogP contribution in [0.15, 0.2) is 24.3 Å². The van der Waals surface area contributed by atoms with Gasteiger partial charge in [-0.1, -0.05) is 6.07 Å². The summed E-state index contributed by atoms with van der Waals surface area (Å²) in [5, 5.41) is 4.69. The lowest BCUT2D eigenvalue weighted by Gasteiger charge is -2.11. The van der Waals surface area contributed by atoms with Gasteiger partial charge in [-0.3, -0.25) is 4.79 Å². The molecule has 0 fully saturated rings. The lowest BCUT2D eigenvalue weighted by molar-refractivity contribution is -0.137. The van der Waals surface area contributed by atoms with Crippen LogP contribution in [0.25, 0.3) is 0 Å². The van der Waals surface area contributed by atoms with Gasteiger partial charge in [-0.05, 0) is 30.4 Å². The van der Waals surface area contributed by atoms with Crippen molar-refractivity contribution in [3.05, 3.63) is 29.8 Å². The van der Waals surface area contributed by atoms with Gasteiger partial charge in [0.2, 0.25) is 5.91 Å². The van der Waals surface area contributed by atoms with Gasteiger partial charge in [-0.15, -0.1) is 0 Å². The molecule has 0 radical (unpaired) electrons. The molecule has 92 valence electrons. The molecule has 0 aliphatic carbocycles. The summed E-state index contributed by atoms with van der Waals surface area (Å²) < 4.78 is 37.2. The van der Waals surface area contributed by atoms with Crippen molar-refractivity contribution in [2.24, 2.45) is 0 Å². The Balaban J connectivity index is 2.79. The Labute approximate surface area is 101 Å². The quantitative estimate of drug-likeness (QED) is 0.764. The Morgan fingerprint density at radius 3 is 2.53 bits per heavy atom. The van der Waals surface area contributed by atoms with Crippen LogP contribution in [0.3, 0.4) is 0 Å². The fourth-order valence-electron chi connectivity index (χ4n) is 1.10. The van der Waals surface area contributed by atoms with Gasteiger partial charge < -0.3 is 10.6 Å². The van der Waals surface area contributed by atoms with E-state index in [1.807, 2.05) is 0 Å². The molecule has 7 heteroatoms. The van der Waals surface area contributed by atoms with Gasteiger partial charge in [-0.2, -0.15) is 13.2 Å². The second-order valence-electron chi connectivity index (χ2n) is 3.21. The zero-order valence-corrected chi connectivity index (χ0v) is 9.58. The number of carbonyl (C=O) groups is 1. The SMILES string of the molecule is CC(=O)NC(=S)Nc1cccc(C(F)(F)F)c1. The van der Waals surface area contributed by atoms with E-state index >= 15 is 0 Å². The molecule has 0 saturated heterocycles. The van der Waals surface area contributed by atoms with E-state index in [2.05, 4.69) is 10.6 Å². The molecule has 0 aliphatic heterocycles. The first-order chi connectivity index (χ1) is 7.79. The highest BCUT2D eigenvalue weighted by Gasteiger charge is 2.30. The summed E-state index contributed by atoms with van der Waals surface area (Å²) >= 11 is 4.72. The van der Waals surface area contributed by atoms with E-state index in [0.717, 1.165) is 12.1 Å². The van der Waals surface area contributed by atoms with Crippen molar-refractivity contribution < 1.29 is 18.0 Å². The molecule has 17 heavy (non-hydrogen) atoms. The standard InChI is InChI=1S/C10H9F3N2OS/c1-6(16)14-9(17)15-8-4-2-3-7(5-8)10(11,12)13/h2-5H,1H3,(H2,14,15,16,17). The van der Waals surface area contributed by atoms with Gasteiger partial charge in [0.05, 0.1) is 5.56 Å². The van der Waals surface area contributed by atoms with E-state index in [9.17, 15) is 18.0 Å². The van der Waals surface area contributed by atoms with Crippen LogP contribution >= 0.6 is 12.2 Å². The summed E-state index contributed by atoms with van der Waals surface area (Å²) in [6.07, 6.45) is -4.41. The van der Waals surface area contributed by atoms with Gasteiger partial charge in [0.15, 0.2) is 5.11 Å². The first-order valence-electron chi connectivity index (χ1n) is 4.55. The minimum Gasteiger partial charge on any atom is -0.332 e. The maximum atomic E-state index is 12.4. The number of nitrogens with one attached hydrogen (secondary N) is 2. The van der Waals surface area contributed by atoms with Crippen LogP contribution in [0, 0.1) is 0 Å². The number of hydrogen-bond acceptors (Lipinski definition) is 2. The first-order valence-corrected chi connectivity index (χ1v) is 4.95. The first kappa shape index (κ1) is 13.4. The van der Waals surface area contributed by atoms with Crippen molar-refractivity contribution in [2.45, 2.75) is 13.1 Å². The molecule has 1 aromatic carbocycles. The van der Waals surface area contributed by atoms with Crippen LogP contribution in [0.1, 0.15) is 12.5 Å². The zero-order chi connectivity index (χ0) is 13.1. The summed E-state index contributed by atoms with van der Waals surface area (Å²) in [6, 6.07) is 4.53. The summed E-state index contributed by atoms with van der Waals surface area (Å²) in [5.41, 5.74) is -0.619. The molecular formula is C10H9F3N2OS. The number of halogens is 3. The molecule has 0 unspecified atom stereocenters. The molecule has 0 atom stereocenters. The van der Waals surface area contributed by atoms with E-state index in [-0.39, 0.29) is 10.8 Å². The lowest BCUT2D eigenvalue weighted by atomic mass is 10.2. The maximum absolute atomic E-state index is 12.4. The van der Waals surface area contributed by atoms with E-state index in [1.165, 1.54) is 19.1 Å². The smallest absolute Gasteiger partial charge is 0.332 e. The Morgan fingerprint density at radius 2 is 2.00 bits per heavy atom. The number of amides is 1. The van der Waals surface area contributed by atoms with Crippen LogP contribution in [-0.2, 0) is 11.0 Å². The van der Waals surface area contributed by atoms with Crippen molar-refractivity contribution in [3.8, 4) is 0 Å². The number of anilines is 1. The Bertz CT molecular complexity index is 445. The molecule has 0 bridgehead atoms. The Kier molecular flexibility index (Phi) is 4.06. The van der Waals surface area contributed by atoms with E-state index in [1.54, 1.807) is 0 Å². The maximum Gasteiger partial charge on any atom is 0.416 e. The van der Waals surface area contributed by atoms with Gasteiger partial charge in [-0.25, -0.2) is 0 Å². The van der Waals surface area contributed by atoms with Crippen LogP contribution in [-0.4, -0.2) is 11.0 Å². The van der Waals surface area contributed by atoms with Crippen molar-refractivity contribution in [2.75, 3.05) is 5.32 Å². The van der Waals surface area contributed by atoms with Crippen molar-refractivity contribution >= 4 is 28.9 Å². The third kappa shape index (κ3) is 4.39. The molecule has 1 aromatic rings. The molecular weight excluding hydrogens is 253 g/mol. The fourth-order valence-corrected chi connectivity index (χ4v) is 1.36. The average molecular weight is 262 g/mol. The van der Waals surface area contributed by atoms with Crippen molar-refractivity contribution in [1.82, 2.24) is 5.32 Å². The highest BCUT2D eigenvalue weighted by Crippen LogP contribution is 2.30. The fraction of sp³-hybridized carbons (Fsp3) is 0.200. The van der Waals surface area contributed by atoms with Gasteiger partial charge in [0, 0.05) is 12.6 Å². The molecule has 0 heterocycles. The summed E-state index contributed by atoms with van der Waals surface area (Å²) in [7, 11) is 0. The predicted octanol–water partition coefficient (Wildman–Crippen LogP) is 2.54. The van der Waals surface area contributed by atoms with Gasteiger partial charge >= 0.3 is 6.18 Å². The number of carbonyl (C=O) groups excluding carboxylic acids is 1. The number of thiocarbonyl (C=S) groups is 1. The summed E-state index contributed by atoms with van der Waals surface area (Å²) in [4.78, 5) is 10.7. The number of rotatable bonds is 1. The molecule has 1 amide bonds. The topological polar surface area (TPSA) is 41.1 Å². The zero-order valence-electron chi connectivity index (χ0n) is 8.76. The molecule has 2 N–H and O–H groups in total. The van der Waals surface area contributed by atoms with Crippen LogP contribution in [0.4, 0.5) is 18.9 Å². The van der Waals surface area contributed by atoms with Crippen molar-refractivity contribution in [1.29, 1.82) is 0 Å². The normalized spacial score (nSPS) is 10.8. The Morgan fingerprint density at radius 1 is 1.35 bits per heavy atom. The second-order valence-corrected chi connectivity index (χ2v) is 3.62. The van der Waals surface area contributed by atoms with Crippen LogP contribution < -0.4 is 10.6 Å². The average Bonchev–Trinajstić information content (AvgIpc) is 2.15. The number of alkyl halides is 3. The highest BCUT2D eigenvalue weighted by molar-refractivity contribution is 7.80. The summed E-state index contributed by atoms with van der Waals surface area (Å²) in [5.74, 6) is -0.394. The molecule has 0 aromatic heterocycles. The minimum absolute atomic E-state index is 0.0446. The Hall–Kier alpha value is -1.63. The molecule has 0 spiro atoms. The predicted molar refractivity (Wildman–Crippen MR) is 61.5 cm³/mol. The number of hydrogen-bond donors (Lipinski definition) is 2. The second kappa shape index (κ2) is 5.13. The van der Waals surface area contributed by atoms with E-state index < -0.39 is 17.6 Å². The van der Waals surface area contributed by atoms with Crippen LogP contribution in [0.2, 0.25) is 0 Å². The monoisotopic (exact) mass is 262 g/mol. The molecule has 1 rings (SSSR count). The van der Waals surface area contributed by atoms with Crippen molar-refractivity contribution in [3.63, 3.8) is 0 Å². The highest BCUT2D eigenvalue weighted by atomic mass is 32.1. The number of benzene rings is 1. The third-order valence-electron chi connectivity index (χ3n) is 1.74. The van der Waals surface area contributed by atoms with Gasteiger partial charge in [0.25, 0.3) is 0 Å². The molecule has 0 aliphatic rings. The van der Waals surface area contributed by atoms with E-state index in [4.69, 9.17) is 12.2 Å². The largest absolute Gasteiger partial charge is 0.416 e. The lowest BCUT2D eigenvalue weighted by Crippen LogP contribution is -2.32. The van der Waals surface area contributed by atoms with Crippen LogP contribution in [0.5, 0.6) is 0 Å². The molecule has 3 nitrogen and oxygen atoms in total. The summed E-state index contributed by atoms with van der Waals surface area (Å²) in [6.45, 7) is 1.25. The third-order valence-corrected chi connectivity index (χ3v) is 1.94. The van der Waals surface area contributed by atoms with Gasteiger partial charge in [0.1, 0.15) is 0 Å². The van der Waals surface area contributed by atoms with E-state index in [0.29, 0.717) is 0 Å². The molecule has 0 saturated carbocycles.